The maximum absolute atomic E-state index is 5.58. The van der Waals surface area contributed by atoms with Gasteiger partial charge in [-0.15, -0.1) is 11.3 Å². The number of hydrogen-bond acceptors (Lipinski definition) is 7. The molecule has 1 aliphatic carbocycles. The Hall–Kier alpha value is -1.73. The Kier molecular flexibility index (Phi) is 3.54. The summed E-state index contributed by atoms with van der Waals surface area (Å²) in [5, 5.41) is 2.05. The smallest absolute Gasteiger partial charge is 0.148 e. The average molecular weight is 290 g/mol. The summed E-state index contributed by atoms with van der Waals surface area (Å²) in [6.45, 7) is 2.72. The number of nitrogen functional groups attached to an aromatic ring is 1. The molecule has 0 atom stereocenters. The summed E-state index contributed by atoms with van der Waals surface area (Å²) in [6, 6.07) is 0. The lowest BCUT2D eigenvalue weighted by molar-refractivity contribution is 0.833. The minimum absolute atomic E-state index is 0.495. The Morgan fingerprint density at radius 1 is 1.45 bits per heavy atom. The van der Waals surface area contributed by atoms with Crippen LogP contribution in [0.2, 0.25) is 0 Å². The van der Waals surface area contributed by atoms with E-state index in [0.717, 1.165) is 29.4 Å². The number of anilines is 2. The first-order valence-corrected chi connectivity index (χ1v) is 7.56. The van der Waals surface area contributed by atoms with Crippen LogP contribution in [0.5, 0.6) is 0 Å². The lowest BCUT2D eigenvalue weighted by Gasteiger charge is -2.21. The number of hydrazine groups is 1. The fourth-order valence-electron chi connectivity index (χ4n) is 2.19. The third-order valence-corrected chi connectivity index (χ3v) is 4.10. The van der Waals surface area contributed by atoms with Gasteiger partial charge in [0.2, 0.25) is 0 Å². The van der Waals surface area contributed by atoms with Crippen LogP contribution >= 0.6 is 11.3 Å². The van der Waals surface area contributed by atoms with Gasteiger partial charge in [0.15, 0.2) is 0 Å². The molecule has 20 heavy (non-hydrogen) atoms. The van der Waals surface area contributed by atoms with E-state index in [1.807, 2.05) is 19.5 Å². The van der Waals surface area contributed by atoms with Crippen molar-refractivity contribution in [3.8, 4) is 0 Å². The Balaban J connectivity index is 1.92. The van der Waals surface area contributed by atoms with E-state index in [2.05, 4.69) is 25.7 Å². The minimum atomic E-state index is 0.495. The van der Waals surface area contributed by atoms with Crippen LogP contribution in [0.1, 0.15) is 35.8 Å². The zero-order valence-corrected chi connectivity index (χ0v) is 12.4. The first-order chi connectivity index (χ1) is 9.69. The van der Waals surface area contributed by atoms with Crippen LogP contribution in [0.15, 0.2) is 10.9 Å². The number of nitrogens with one attached hydrogen (secondary N) is 1. The Morgan fingerprint density at radius 2 is 2.25 bits per heavy atom. The molecule has 1 aliphatic rings. The van der Waals surface area contributed by atoms with Gasteiger partial charge < -0.3 is 10.3 Å². The molecule has 0 spiro atoms. The summed E-state index contributed by atoms with van der Waals surface area (Å²) in [4.78, 5) is 15.6. The molecule has 0 radical (unpaired) electrons. The van der Waals surface area contributed by atoms with Crippen LogP contribution in [0.3, 0.4) is 0 Å². The Bertz CT molecular complexity index is 593. The van der Waals surface area contributed by atoms with Gasteiger partial charge in [0.25, 0.3) is 0 Å². The first-order valence-electron chi connectivity index (χ1n) is 6.62. The van der Waals surface area contributed by atoms with E-state index in [4.69, 9.17) is 10.8 Å². The zero-order chi connectivity index (χ0) is 14.1. The van der Waals surface area contributed by atoms with E-state index in [-0.39, 0.29) is 0 Å². The molecule has 0 aliphatic heterocycles. The van der Waals surface area contributed by atoms with Crippen molar-refractivity contribution in [2.45, 2.75) is 32.2 Å². The zero-order valence-electron chi connectivity index (χ0n) is 11.6. The number of aromatic nitrogens is 3. The van der Waals surface area contributed by atoms with Gasteiger partial charge >= 0.3 is 0 Å². The second kappa shape index (κ2) is 5.34. The van der Waals surface area contributed by atoms with Gasteiger partial charge in [-0.2, -0.15) is 0 Å². The van der Waals surface area contributed by atoms with Crippen molar-refractivity contribution in [3.63, 3.8) is 0 Å². The Morgan fingerprint density at radius 3 is 2.85 bits per heavy atom. The van der Waals surface area contributed by atoms with Crippen LogP contribution < -0.4 is 16.2 Å². The molecule has 2 aromatic rings. The molecule has 1 fully saturated rings. The molecule has 1 saturated carbocycles. The van der Waals surface area contributed by atoms with E-state index in [1.54, 1.807) is 11.3 Å². The van der Waals surface area contributed by atoms with Crippen LogP contribution in [0, 0.1) is 6.92 Å². The SMILES string of the molecule is Cc1c(NN)nc(C2CC2)nc1N(C)Cc1cscn1. The molecule has 0 bridgehead atoms. The number of rotatable bonds is 5. The second-order valence-electron chi connectivity index (χ2n) is 5.13. The third kappa shape index (κ3) is 2.59. The van der Waals surface area contributed by atoms with Crippen molar-refractivity contribution in [1.82, 2.24) is 15.0 Å². The lowest BCUT2D eigenvalue weighted by atomic mass is 10.2. The molecule has 3 N–H and O–H groups in total. The predicted octanol–water partition coefficient (Wildman–Crippen LogP) is 2.04. The maximum Gasteiger partial charge on any atom is 0.148 e. The van der Waals surface area contributed by atoms with Crippen LogP contribution in [0.25, 0.3) is 0 Å². The van der Waals surface area contributed by atoms with Crippen molar-refractivity contribution >= 4 is 23.0 Å². The highest BCUT2D eigenvalue weighted by atomic mass is 32.1. The Labute approximate surface area is 122 Å². The molecule has 6 nitrogen and oxygen atoms in total. The molecule has 3 rings (SSSR count). The summed E-state index contributed by atoms with van der Waals surface area (Å²) in [7, 11) is 2.02. The molecule has 106 valence electrons. The van der Waals surface area contributed by atoms with Crippen LogP contribution in [0.4, 0.5) is 11.6 Å². The fourth-order valence-corrected chi connectivity index (χ4v) is 2.74. The molecular formula is C13H18N6S. The molecule has 0 saturated heterocycles. The highest BCUT2D eigenvalue weighted by Crippen LogP contribution is 2.39. The van der Waals surface area contributed by atoms with Crippen LogP contribution in [-0.4, -0.2) is 22.0 Å². The van der Waals surface area contributed by atoms with Crippen LogP contribution in [-0.2, 0) is 6.54 Å². The standard InChI is InChI=1S/C13H18N6S/c1-8-11(18-14)16-12(9-3-4-9)17-13(8)19(2)5-10-6-20-7-15-10/h6-7,9H,3-5,14H2,1-2H3,(H,16,17,18). The fraction of sp³-hybridized carbons (Fsp3) is 0.462. The molecule has 0 aromatic carbocycles. The molecule has 2 heterocycles. The number of nitrogens with two attached hydrogens (primary N) is 1. The van der Waals surface area contributed by atoms with Gasteiger partial charge in [0.1, 0.15) is 17.5 Å². The molecule has 0 unspecified atom stereocenters. The lowest BCUT2D eigenvalue weighted by Crippen LogP contribution is -2.22. The number of thiazole rings is 1. The van der Waals surface area contributed by atoms with Crippen molar-refractivity contribution in [2.24, 2.45) is 5.84 Å². The number of hydrogen-bond donors (Lipinski definition) is 2. The van der Waals surface area contributed by atoms with E-state index >= 15 is 0 Å². The van der Waals surface area contributed by atoms with E-state index in [9.17, 15) is 0 Å². The largest absolute Gasteiger partial charge is 0.353 e. The summed E-state index contributed by atoms with van der Waals surface area (Å²) in [5.74, 6) is 8.59. The van der Waals surface area contributed by atoms with Gasteiger partial charge in [-0.25, -0.2) is 20.8 Å². The van der Waals surface area contributed by atoms with Gasteiger partial charge in [-0.3, -0.25) is 0 Å². The normalized spacial score (nSPS) is 14.3. The second-order valence-corrected chi connectivity index (χ2v) is 5.85. The monoisotopic (exact) mass is 290 g/mol. The first kappa shape index (κ1) is 13.3. The van der Waals surface area contributed by atoms with Crippen molar-refractivity contribution in [1.29, 1.82) is 0 Å². The minimum Gasteiger partial charge on any atom is -0.353 e. The molecule has 7 heteroatoms. The maximum atomic E-state index is 5.58. The summed E-state index contributed by atoms with van der Waals surface area (Å²) >= 11 is 1.60. The van der Waals surface area contributed by atoms with Gasteiger partial charge in [-0.05, 0) is 19.8 Å². The van der Waals surface area contributed by atoms with E-state index in [0.29, 0.717) is 11.7 Å². The molecule has 0 amide bonds. The van der Waals surface area contributed by atoms with Gasteiger partial charge in [0.05, 0.1) is 17.7 Å². The van der Waals surface area contributed by atoms with Gasteiger partial charge in [-0.1, -0.05) is 0 Å². The van der Waals surface area contributed by atoms with Crippen molar-refractivity contribution < 1.29 is 0 Å². The molecular weight excluding hydrogens is 272 g/mol. The van der Waals surface area contributed by atoms with Gasteiger partial charge in [0, 0.05) is 23.9 Å². The molecule has 2 aromatic heterocycles. The van der Waals surface area contributed by atoms with E-state index < -0.39 is 0 Å². The van der Waals surface area contributed by atoms with E-state index in [1.165, 1.54) is 12.8 Å². The number of nitrogens with zero attached hydrogens (tertiary/aromatic N) is 4. The average Bonchev–Trinajstić information content (AvgIpc) is 3.17. The highest BCUT2D eigenvalue weighted by Gasteiger charge is 2.28. The predicted molar refractivity (Wildman–Crippen MR) is 80.8 cm³/mol. The van der Waals surface area contributed by atoms with Crippen molar-refractivity contribution in [3.05, 3.63) is 28.0 Å². The summed E-state index contributed by atoms with van der Waals surface area (Å²) in [6.07, 6.45) is 2.34. The highest BCUT2D eigenvalue weighted by molar-refractivity contribution is 7.07. The van der Waals surface area contributed by atoms with Crippen molar-refractivity contribution in [2.75, 3.05) is 17.4 Å². The third-order valence-electron chi connectivity index (χ3n) is 3.46. The topological polar surface area (TPSA) is 80.0 Å². The summed E-state index contributed by atoms with van der Waals surface area (Å²) in [5.41, 5.74) is 6.54. The summed E-state index contributed by atoms with van der Waals surface area (Å²) < 4.78 is 0. The quantitative estimate of drug-likeness (QED) is 0.648.